The number of ketones is 1. The zero-order valence-electron chi connectivity index (χ0n) is 11.0. The van der Waals surface area contributed by atoms with Gasteiger partial charge < -0.3 is 0 Å². The lowest BCUT2D eigenvalue weighted by Crippen LogP contribution is -2.22. The first-order chi connectivity index (χ1) is 9.32. The summed E-state index contributed by atoms with van der Waals surface area (Å²) in [6.07, 6.45) is -4.03. The third-order valence-corrected chi connectivity index (χ3v) is 3.04. The lowest BCUT2D eigenvalue weighted by molar-refractivity contribution is -0.0885. The number of aromatic nitrogens is 2. The first-order valence-electron chi connectivity index (χ1n) is 6.07. The van der Waals surface area contributed by atoms with Crippen molar-refractivity contribution in [3.05, 3.63) is 41.6 Å². The molecule has 0 atom stereocenters. The van der Waals surface area contributed by atoms with Gasteiger partial charge in [0.1, 0.15) is 0 Å². The van der Waals surface area contributed by atoms with Crippen molar-refractivity contribution in [3.8, 4) is 11.3 Å². The summed E-state index contributed by atoms with van der Waals surface area (Å²) < 4.78 is 38.6. The van der Waals surface area contributed by atoms with Crippen LogP contribution in [0.25, 0.3) is 11.3 Å². The van der Waals surface area contributed by atoms with Crippen LogP contribution in [0.3, 0.4) is 0 Å². The highest BCUT2D eigenvalue weighted by Crippen LogP contribution is 2.24. The SMILES string of the molecule is CCc1cc(-c2ccc(C(=O)C(F)(F)F)cc2)nn1C. The van der Waals surface area contributed by atoms with Gasteiger partial charge in [0.2, 0.25) is 0 Å². The maximum atomic E-state index is 12.3. The van der Waals surface area contributed by atoms with Crippen LogP contribution < -0.4 is 0 Å². The van der Waals surface area contributed by atoms with Crippen LogP contribution in [-0.2, 0) is 13.5 Å². The molecular formula is C14H13F3N2O. The van der Waals surface area contributed by atoms with Gasteiger partial charge in [0.15, 0.2) is 0 Å². The predicted molar refractivity (Wildman–Crippen MR) is 68.4 cm³/mol. The number of benzene rings is 1. The zero-order valence-corrected chi connectivity index (χ0v) is 11.0. The second kappa shape index (κ2) is 5.11. The number of carbonyl (C=O) groups excluding carboxylic acids is 1. The molecule has 1 heterocycles. The summed E-state index contributed by atoms with van der Waals surface area (Å²) in [5.74, 6) is -1.83. The molecule has 106 valence electrons. The Morgan fingerprint density at radius 2 is 1.85 bits per heavy atom. The minimum Gasteiger partial charge on any atom is -0.284 e. The van der Waals surface area contributed by atoms with Crippen molar-refractivity contribution in [1.29, 1.82) is 0 Å². The Morgan fingerprint density at radius 1 is 1.25 bits per heavy atom. The monoisotopic (exact) mass is 282 g/mol. The second-order valence-corrected chi connectivity index (χ2v) is 4.40. The van der Waals surface area contributed by atoms with Gasteiger partial charge in [-0.15, -0.1) is 0 Å². The Kier molecular flexibility index (Phi) is 3.65. The number of halogens is 3. The van der Waals surface area contributed by atoms with Gasteiger partial charge in [0.25, 0.3) is 5.78 Å². The smallest absolute Gasteiger partial charge is 0.284 e. The maximum absolute atomic E-state index is 12.3. The lowest BCUT2D eigenvalue weighted by atomic mass is 10.1. The van der Waals surface area contributed by atoms with Gasteiger partial charge in [-0.25, -0.2) is 0 Å². The van der Waals surface area contributed by atoms with Gasteiger partial charge in [0, 0.05) is 23.9 Å². The van der Waals surface area contributed by atoms with E-state index in [1.54, 1.807) is 4.68 Å². The number of alkyl halides is 3. The standard InChI is InChI=1S/C14H13F3N2O/c1-3-11-8-12(18-19(11)2)9-4-6-10(7-5-9)13(20)14(15,16)17/h4-8H,3H2,1-2H3. The van der Waals surface area contributed by atoms with E-state index in [-0.39, 0.29) is 5.56 Å². The number of nitrogens with zero attached hydrogens (tertiary/aromatic N) is 2. The molecule has 1 aromatic heterocycles. The Bertz CT molecular complexity index is 627. The Labute approximate surface area is 114 Å². The van der Waals surface area contributed by atoms with E-state index in [2.05, 4.69) is 5.10 Å². The third kappa shape index (κ3) is 2.74. The van der Waals surface area contributed by atoms with E-state index in [0.717, 1.165) is 12.1 Å². The van der Waals surface area contributed by atoms with Gasteiger partial charge in [0.05, 0.1) is 5.69 Å². The van der Waals surface area contributed by atoms with E-state index in [9.17, 15) is 18.0 Å². The molecule has 20 heavy (non-hydrogen) atoms. The fraction of sp³-hybridized carbons (Fsp3) is 0.286. The molecule has 0 N–H and O–H groups in total. The maximum Gasteiger partial charge on any atom is 0.454 e. The molecule has 0 saturated carbocycles. The highest BCUT2D eigenvalue weighted by Gasteiger charge is 2.39. The number of aryl methyl sites for hydroxylation is 2. The molecule has 0 aliphatic rings. The Hall–Kier alpha value is -2.11. The van der Waals surface area contributed by atoms with Gasteiger partial charge in [-0.3, -0.25) is 9.48 Å². The van der Waals surface area contributed by atoms with Crippen molar-refractivity contribution in [3.63, 3.8) is 0 Å². The van der Waals surface area contributed by atoms with E-state index in [1.807, 2.05) is 20.0 Å². The number of carbonyl (C=O) groups is 1. The summed E-state index contributed by atoms with van der Waals surface area (Å²) in [6.45, 7) is 1.99. The summed E-state index contributed by atoms with van der Waals surface area (Å²) in [4.78, 5) is 11.1. The Balaban J connectivity index is 2.30. The molecule has 1 aromatic carbocycles. The summed E-state index contributed by atoms with van der Waals surface area (Å²) in [5, 5.41) is 4.28. The van der Waals surface area contributed by atoms with E-state index < -0.39 is 12.0 Å². The van der Waals surface area contributed by atoms with Crippen LogP contribution in [0.5, 0.6) is 0 Å². The first kappa shape index (κ1) is 14.3. The number of hydrogen-bond donors (Lipinski definition) is 0. The molecule has 3 nitrogen and oxygen atoms in total. The van der Waals surface area contributed by atoms with E-state index >= 15 is 0 Å². The molecule has 2 aromatic rings. The summed E-state index contributed by atoms with van der Waals surface area (Å²) in [6, 6.07) is 7.17. The molecule has 2 rings (SSSR count). The fourth-order valence-electron chi connectivity index (χ4n) is 1.93. The minimum atomic E-state index is -4.85. The fourth-order valence-corrected chi connectivity index (χ4v) is 1.93. The van der Waals surface area contributed by atoms with Crippen LogP contribution in [-0.4, -0.2) is 21.7 Å². The van der Waals surface area contributed by atoms with Crippen molar-refractivity contribution < 1.29 is 18.0 Å². The van der Waals surface area contributed by atoms with Crippen LogP contribution in [0.1, 0.15) is 23.0 Å². The number of rotatable bonds is 3. The normalized spacial score (nSPS) is 11.7. The molecule has 0 radical (unpaired) electrons. The van der Waals surface area contributed by atoms with E-state index in [0.29, 0.717) is 11.3 Å². The predicted octanol–water partition coefficient (Wildman–Crippen LogP) is 3.39. The van der Waals surface area contributed by atoms with Crippen molar-refractivity contribution in [2.75, 3.05) is 0 Å². The largest absolute Gasteiger partial charge is 0.454 e. The van der Waals surface area contributed by atoms with Crippen LogP contribution >= 0.6 is 0 Å². The molecular weight excluding hydrogens is 269 g/mol. The molecule has 0 amide bonds. The number of hydrogen-bond acceptors (Lipinski definition) is 2. The average molecular weight is 282 g/mol. The van der Waals surface area contributed by atoms with Crippen molar-refractivity contribution in [2.24, 2.45) is 7.05 Å². The van der Waals surface area contributed by atoms with Gasteiger partial charge in [-0.2, -0.15) is 18.3 Å². The minimum absolute atomic E-state index is 0.368. The molecule has 0 bridgehead atoms. The van der Waals surface area contributed by atoms with Gasteiger partial charge in [-0.1, -0.05) is 31.2 Å². The Morgan fingerprint density at radius 3 is 2.30 bits per heavy atom. The summed E-state index contributed by atoms with van der Waals surface area (Å²) >= 11 is 0. The molecule has 0 spiro atoms. The van der Waals surface area contributed by atoms with Crippen LogP contribution in [0.2, 0.25) is 0 Å². The highest BCUT2D eigenvalue weighted by molar-refractivity contribution is 6.00. The van der Waals surface area contributed by atoms with Crippen LogP contribution in [0, 0.1) is 0 Å². The molecule has 6 heteroatoms. The lowest BCUT2D eigenvalue weighted by Gasteiger charge is -2.05. The zero-order chi connectivity index (χ0) is 14.9. The van der Waals surface area contributed by atoms with Crippen LogP contribution in [0.15, 0.2) is 30.3 Å². The second-order valence-electron chi connectivity index (χ2n) is 4.40. The van der Waals surface area contributed by atoms with Crippen molar-refractivity contribution in [1.82, 2.24) is 9.78 Å². The van der Waals surface area contributed by atoms with E-state index in [4.69, 9.17) is 0 Å². The van der Waals surface area contributed by atoms with Gasteiger partial charge in [-0.05, 0) is 12.5 Å². The number of Topliss-reactive ketones (excluding diaryl/α,β-unsaturated/α-hetero) is 1. The summed E-state index contributed by atoms with van der Waals surface area (Å²) in [5.41, 5.74) is 2.01. The molecule has 0 fully saturated rings. The molecule has 0 aliphatic carbocycles. The molecule has 0 unspecified atom stereocenters. The third-order valence-electron chi connectivity index (χ3n) is 3.04. The first-order valence-corrected chi connectivity index (χ1v) is 6.07. The average Bonchev–Trinajstić information content (AvgIpc) is 2.78. The summed E-state index contributed by atoms with van der Waals surface area (Å²) in [7, 11) is 1.81. The quantitative estimate of drug-likeness (QED) is 0.809. The van der Waals surface area contributed by atoms with Gasteiger partial charge >= 0.3 is 6.18 Å². The highest BCUT2D eigenvalue weighted by atomic mass is 19.4. The topological polar surface area (TPSA) is 34.9 Å². The van der Waals surface area contributed by atoms with E-state index in [1.165, 1.54) is 24.3 Å². The molecule has 0 aliphatic heterocycles. The van der Waals surface area contributed by atoms with Crippen molar-refractivity contribution >= 4 is 5.78 Å². The molecule has 0 saturated heterocycles. The van der Waals surface area contributed by atoms with Crippen LogP contribution in [0.4, 0.5) is 13.2 Å². The van der Waals surface area contributed by atoms with Crippen molar-refractivity contribution in [2.45, 2.75) is 19.5 Å².